The first-order valence-electron chi connectivity index (χ1n) is 6.03. The summed E-state index contributed by atoms with van der Waals surface area (Å²) in [5, 5.41) is 9.95. The summed E-state index contributed by atoms with van der Waals surface area (Å²) >= 11 is 3.37. The minimum atomic E-state index is -0.830. The van der Waals surface area contributed by atoms with Crippen molar-refractivity contribution in [2.24, 2.45) is 5.92 Å². The largest absolute Gasteiger partial charge is 0.385 e. The Bertz CT molecular complexity index is 372. The number of Topliss-reactive ketones (excluding diaryl/α,β-unsaturated/α-hetero) is 1. The van der Waals surface area contributed by atoms with Crippen LogP contribution in [0.2, 0.25) is 0 Å². The Morgan fingerprint density at radius 3 is 2.53 bits per heavy atom. The standard InChI is InChI=1S/C14H19BrO2/c1-3-11(4-2)14(17)13(16)9-10-6-5-7-12(15)8-10/h5-8,11,14,17H,3-4,9H2,1-2H3. The van der Waals surface area contributed by atoms with Crippen LogP contribution in [-0.4, -0.2) is 17.0 Å². The molecule has 17 heavy (non-hydrogen) atoms. The van der Waals surface area contributed by atoms with Crippen molar-refractivity contribution < 1.29 is 9.90 Å². The quantitative estimate of drug-likeness (QED) is 0.874. The van der Waals surface area contributed by atoms with Gasteiger partial charge >= 0.3 is 0 Å². The molecule has 1 rings (SSSR count). The third-order valence-electron chi connectivity index (χ3n) is 3.09. The smallest absolute Gasteiger partial charge is 0.165 e. The van der Waals surface area contributed by atoms with Gasteiger partial charge in [0.25, 0.3) is 0 Å². The summed E-state index contributed by atoms with van der Waals surface area (Å²) in [7, 11) is 0. The molecule has 0 aliphatic carbocycles. The van der Waals surface area contributed by atoms with E-state index in [0.29, 0.717) is 6.42 Å². The van der Waals surface area contributed by atoms with Gasteiger partial charge in [-0.15, -0.1) is 0 Å². The molecule has 0 fully saturated rings. The van der Waals surface area contributed by atoms with Crippen molar-refractivity contribution in [1.82, 2.24) is 0 Å². The Kier molecular flexibility index (Phi) is 5.86. The summed E-state index contributed by atoms with van der Waals surface area (Å²) in [4.78, 5) is 11.9. The zero-order valence-electron chi connectivity index (χ0n) is 10.3. The minimum absolute atomic E-state index is 0.0784. The molecule has 0 amide bonds. The highest BCUT2D eigenvalue weighted by atomic mass is 79.9. The molecule has 2 nitrogen and oxygen atoms in total. The molecule has 1 N–H and O–H groups in total. The molecule has 1 aromatic rings. The fraction of sp³-hybridized carbons (Fsp3) is 0.500. The molecule has 0 bridgehead atoms. The number of hydrogen-bond acceptors (Lipinski definition) is 2. The Hall–Kier alpha value is -0.670. The van der Waals surface area contributed by atoms with Crippen molar-refractivity contribution in [3.05, 3.63) is 34.3 Å². The molecule has 0 saturated heterocycles. The summed E-state index contributed by atoms with van der Waals surface area (Å²) in [6.45, 7) is 4.01. The van der Waals surface area contributed by atoms with E-state index < -0.39 is 6.10 Å². The Labute approximate surface area is 111 Å². The van der Waals surface area contributed by atoms with Crippen LogP contribution in [0.3, 0.4) is 0 Å². The monoisotopic (exact) mass is 298 g/mol. The van der Waals surface area contributed by atoms with Gasteiger partial charge in [-0.05, 0) is 23.6 Å². The number of aliphatic hydroxyl groups is 1. The molecule has 0 spiro atoms. The van der Waals surface area contributed by atoms with E-state index in [1.54, 1.807) is 0 Å². The predicted octanol–water partition coefficient (Wildman–Crippen LogP) is 3.36. The number of aliphatic hydroxyl groups excluding tert-OH is 1. The third-order valence-corrected chi connectivity index (χ3v) is 3.59. The van der Waals surface area contributed by atoms with Crippen LogP contribution in [0.5, 0.6) is 0 Å². The summed E-state index contributed by atoms with van der Waals surface area (Å²) in [5.74, 6) is -0.00791. The van der Waals surface area contributed by atoms with Crippen molar-refractivity contribution in [1.29, 1.82) is 0 Å². The highest BCUT2D eigenvalue weighted by Gasteiger charge is 2.23. The van der Waals surface area contributed by atoms with E-state index in [9.17, 15) is 9.90 Å². The average molecular weight is 299 g/mol. The topological polar surface area (TPSA) is 37.3 Å². The molecular formula is C14H19BrO2. The number of carbonyl (C=O) groups excluding carboxylic acids is 1. The number of hydrogen-bond donors (Lipinski definition) is 1. The van der Waals surface area contributed by atoms with Gasteiger partial charge in [0.05, 0.1) is 0 Å². The van der Waals surface area contributed by atoms with Crippen molar-refractivity contribution in [2.75, 3.05) is 0 Å². The van der Waals surface area contributed by atoms with E-state index in [4.69, 9.17) is 0 Å². The van der Waals surface area contributed by atoms with Gasteiger partial charge in [0.1, 0.15) is 6.10 Å². The molecule has 0 heterocycles. The maximum Gasteiger partial charge on any atom is 0.165 e. The number of benzene rings is 1. The molecule has 0 aromatic heterocycles. The molecular weight excluding hydrogens is 280 g/mol. The van der Waals surface area contributed by atoms with Crippen LogP contribution < -0.4 is 0 Å². The van der Waals surface area contributed by atoms with E-state index in [0.717, 1.165) is 22.9 Å². The second-order valence-electron chi connectivity index (χ2n) is 4.29. The van der Waals surface area contributed by atoms with Crippen molar-refractivity contribution >= 4 is 21.7 Å². The lowest BCUT2D eigenvalue weighted by Crippen LogP contribution is -2.30. The molecule has 1 atom stereocenters. The summed E-state index contributed by atoms with van der Waals surface area (Å²) in [6, 6.07) is 7.64. The van der Waals surface area contributed by atoms with Crippen LogP contribution in [0.25, 0.3) is 0 Å². The van der Waals surface area contributed by atoms with Crippen LogP contribution in [0.15, 0.2) is 28.7 Å². The van der Waals surface area contributed by atoms with Crippen LogP contribution in [-0.2, 0) is 11.2 Å². The van der Waals surface area contributed by atoms with E-state index in [1.807, 2.05) is 38.1 Å². The molecule has 0 aliphatic heterocycles. The fourth-order valence-electron chi connectivity index (χ4n) is 1.95. The Morgan fingerprint density at radius 1 is 1.35 bits per heavy atom. The zero-order valence-corrected chi connectivity index (χ0v) is 11.9. The first-order chi connectivity index (χ1) is 8.08. The van der Waals surface area contributed by atoms with E-state index in [1.165, 1.54) is 0 Å². The lowest BCUT2D eigenvalue weighted by atomic mass is 9.91. The molecule has 3 heteroatoms. The van der Waals surface area contributed by atoms with Gasteiger partial charge in [-0.3, -0.25) is 4.79 Å². The Morgan fingerprint density at radius 2 is 2.00 bits per heavy atom. The second-order valence-corrected chi connectivity index (χ2v) is 5.21. The molecule has 0 saturated carbocycles. The minimum Gasteiger partial charge on any atom is -0.385 e. The van der Waals surface area contributed by atoms with Gasteiger partial charge in [0.15, 0.2) is 5.78 Å². The van der Waals surface area contributed by atoms with Crippen LogP contribution in [0, 0.1) is 5.92 Å². The van der Waals surface area contributed by atoms with Gasteiger partial charge in [0.2, 0.25) is 0 Å². The van der Waals surface area contributed by atoms with E-state index in [-0.39, 0.29) is 11.7 Å². The van der Waals surface area contributed by atoms with Gasteiger partial charge in [-0.1, -0.05) is 54.8 Å². The lowest BCUT2D eigenvalue weighted by molar-refractivity contribution is -0.129. The molecule has 1 unspecified atom stereocenters. The van der Waals surface area contributed by atoms with Gasteiger partial charge in [0, 0.05) is 10.9 Å². The third kappa shape index (κ3) is 4.25. The lowest BCUT2D eigenvalue weighted by Gasteiger charge is -2.18. The van der Waals surface area contributed by atoms with Crippen LogP contribution in [0.1, 0.15) is 32.3 Å². The van der Waals surface area contributed by atoms with E-state index >= 15 is 0 Å². The van der Waals surface area contributed by atoms with E-state index in [2.05, 4.69) is 15.9 Å². The second kappa shape index (κ2) is 6.92. The predicted molar refractivity (Wildman–Crippen MR) is 72.9 cm³/mol. The summed E-state index contributed by atoms with van der Waals surface area (Å²) < 4.78 is 0.958. The number of carbonyl (C=O) groups is 1. The molecule has 0 aliphatic rings. The van der Waals surface area contributed by atoms with Gasteiger partial charge in [-0.25, -0.2) is 0 Å². The molecule has 1 aromatic carbocycles. The molecule has 0 radical (unpaired) electrons. The maximum absolute atomic E-state index is 11.9. The fourth-order valence-corrected chi connectivity index (χ4v) is 2.40. The average Bonchev–Trinajstić information content (AvgIpc) is 2.30. The Balaban J connectivity index is 2.65. The van der Waals surface area contributed by atoms with Crippen LogP contribution >= 0.6 is 15.9 Å². The van der Waals surface area contributed by atoms with Crippen molar-refractivity contribution in [3.8, 4) is 0 Å². The first kappa shape index (κ1) is 14.4. The highest BCUT2D eigenvalue weighted by molar-refractivity contribution is 9.10. The van der Waals surface area contributed by atoms with Crippen molar-refractivity contribution in [3.63, 3.8) is 0 Å². The maximum atomic E-state index is 11.9. The number of rotatable bonds is 6. The number of halogens is 1. The normalized spacial score (nSPS) is 12.8. The van der Waals surface area contributed by atoms with Gasteiger partial charge in [-0.2, -0.15) is 0 Å². The van der Waals surface area contributed by atoms with Crippen molar-refractivity contribution in [2.45, 2.75) is 39.2 Å². The first-order valence-corrected chi connectivity index (χ1v) is 6.83. The molecule has 94 valence electrons. The summed E-state index contributed by atoms with van der Waals surface area (Å²) in [5.41, 5.74) is 0.939. The highest BCUT2D eigenvalue weighted by Crippen LogP contribution is 2.17. The zero-order chi connectivity index (χ0) is 12.8. The van der Waals surface area contributed by atoms with Gasteiger partial charge < -0.3 is 5.11 Å². The van der Waals surface area contributed by atoms with Crippen LogP contribution in [0.4, 0.5) is 0 Å². The summed E-state index contributed by atoms with van der Waals surface area (Å²) in [6.07, 6.45) is 1.14. The number of ketones is 1. The SMILES string of the molecule is CCC(CC)C(O)C(=O)Cc1cccc(Br)c1.